The van der Waals surface area contributed by atoms with Gasteiger partial charge in [-0.3, -0.25) is 4.79 Å². The van der Waals surface area contributed by atoms with Gasteiger partial charge >= 0.3 is 0 Å². The van der Waals surface area contributed by atoms with E-state index in [9.17, 15) is 13.2 Å². The molecule has 0 bridgehead atoms. The van der Waals surface area contributed by atoms with Gasteiger partial charge in [0.05, 0.1) is 5.75 Å². The van der Waals surface area contributed by atoms with Crippen molar-refractivity contribution in [3.63, 3.8) is 0 Å². The number of carbonyl (C=O) groups excluding carboxylic acids is 1. The Balaban J connectivity index is 2.22. The van der Waals surface area contributed by atoms with Crippen LogP contribution in [0.2, 0.25) is 0 Å². The minimum absolute atomic E-state index is 0.0670. The molecule has 0 aromatic heterocycles. The molecule has 1 heterocycles. The largest absolute Gasteiger partial charge is 0.353 e. The minimum Gasteiger partial charge on any atom is -0.353 e. The van der Waals surface area contributed by atoms with Crippen LogP contribution in [-0.2, 0) is 14.8 Å². The third kappa shape index (κ3) is 6.76. The predicted octanol–water partition coefficient (Wildman–Crippen LogP) is 0.695. The summed E-state index contributed by atoms with van der Waals surface area (Å²) in [6, 6.07) is 0.553. The fraction of sp³-hybridized carbons (Fsp3) is 0.929. The Labute approximate surface area is 128 Å². The molecule has 21 heavy (non-hydrogen) atoms. The number of hydrogen-bond donors (Lipinski definition) is 2. The SMILES string of the molecule is CCS(=O)(=O)N1CCC(NC(=O)CCCNC(C)C)CC1. The Morgan fingerprint density at radius 1 is 1.29 bits per heavy atom. The van der Waals surface area contributed by atoms with Gasteiger partial charge in [-0.05, 0) is 32.7 Å². The molecule has 1 fully saturated rings. The Bertz CT molecular complexity index is 415. The number of amides is 1. The average molecular weight is 319 g/mol. The topological polar surface area (TPSA) is 78.5 Å². The van der Waals surface area contributed by atoms with E-state index in [1.54, 1.807) is 6.92 Å². The van der Waals surface area contributed by atoms with Crippen LogP contribution < -0.4 is 10.6 Å². The van der Waals surface area contributed by atoms with E-state index in [2.05, 4.69) is 24.5 Å². The van der Waals surface area contributed by atoms with Gasteiger partial charge in [0.1, 0.15) is 0 Å². The number of nitrogens with one attached hydrogen (secondary N) is 2. The van der Waals surface area contributed by atoms with E-state index in [0.717, 1.165) is 13.0 Å². The summed E-state index contributed by atoms with van der Waals surface area (Å²) in [4.78, 5) is 11.8. The smallest absolute Gasteiger partial charge is 0.220 e. The first-order valence-corrected chi connectivity index (χ1v) is 9.46. The Morgan fingerprint density at radius 2 is 1.90 bits per heavy atom. The van der Waals surface area contributed by atoms with Gasteiger partial charge in [-0.25, -0.2) is 12.7 Å². The van der Waals surface area contributed by atoms with Crippen molar-refractivity contribution >= 4 is 15.9 Å². The number of sulfonamides is 1. The van der Waals surface area contributed by atoms with E-state index < -0.39 is 10.0 Å². The highest BCUT2D eigenvalue weighted by atomic mass is 32.2. The molecule has 6 nitrogen and oxygen atoms in total. The van der Waals surface area contributed by atoms with Crippen LogP contribution in [0, 0.1) is 0 Å². The monoisotopic (exact) mass is 319 g/mol. The maximum Gasteiger partial charge on any atom is 0.220 e. The second-order valence-electron chi connectivity index (χ2n) is 5.85. The maximum absolute atomic E-state index is 11.8. The molecule has 2 N–H and O–H groups in total. The molecule has 0 aromatic rings. The summed E-state index contributed by atoms with van der Waals surface area (Å²) < 4.78 is 25.0. The first kappa shape index (κ1) is 18.4. The lowest BCUT2D eigenvalue weighted by atomic mass is 10.1. The lowest BCUT2D eigenvalue weighted by Gasteiger charge is -2.31. The fourth-order valence-corrected chi connectivity index (χ4v) is 3.53. The van der Waals surface area contributed by atoms with E-state index in [4.69, 9.17) is 0 Å². The Hall–Kier alpha value is -0.660. The number of piperidine rings is 1. The second-order valence-corrected chi connectivity index (χ2v) is 8.11. The molecule has 1 rings (SSSR count). The van der Waals surface area contributed by atoms with Crippen LogP contribution in [-0.4, -0.2) is 56.1 Å². The zero-order valence-corrected chi connectivity index (χ0v) is 14.2. The van der Waals surface area contributed by atoms with E-state index in [1.807, 2.05) is 0 Å². The van der Waals surface area contributed by atoms with Crippen molar-refractivity contribution < 1.29 is 13.2 Å². The maximum atomic E-state index is 11.8. The fourth-order valence-electron chi connectivity index (χ4n) is 2.40. The first-order valence-electron chi connectivity index (χ1n) is 7.85. The highest BCUT2D eigenvalue weighted by molar-refractivity contribution is 7.89. The number of nitrogens with zero attached hydrogens (tertiary/aromatic N) is 1. The highest BCUT2D eigenvalue weighted by Gasteiger charge is 2.27. The Kier molecular flexibility index (Phi) is 7.62. The second kappa shape index (κ2) is 8.70. The van der Waals surface area contributed by atoms with E-state index in [-0.39, 0.29) is 17.7 Å². The third-order valence-electron chi connectivity index (χ3n) is 3.71. The van der Waals surface area contributed by atoms with Crippen molar-refractivity contribution in [3.8, 4) is 0 Å². The summed E-state index contributed by atoms with van der Waals surface area (Å²) in [5, 5.41) is 6.29. The van der Waals surface area contributed by atoms with Gasteiger partial charge in [0.25, 0.3) is 0 Å². The van der Waals surface area contributed by atoms with Crippen LogP contribution in [0.5, 0.6) is 0 Å². The van der Waals surface area contributed by atoms with Crippen LogP contribution in [0.25, 0.3) is 0 Å². The number of hydrogen-bond acceptors (Lipinski definition) is 4. The van der Waals surface area contributed by atoms with E-state index in [1.165, 1.54) is 4.31 Å². The van der Waals surface area contributed by atoms with Crippen molar-refractivity contribution in [1.29, 1.82) is 0 Å². The van der Waals surface area contributed by atoms with Crippen molar-refractivity contribution in [3.05, 3.63) is 0 Å². The van der Waals surface area contributed by atoms with Crippen LogP contribution in [0.15, 0.2) is 0 Å². The summed E-state index contributed by atoms with van der Waals surface area (Å²) in [5.41, 5.74) is 0. The molecular weight excluding hydrogens is 290 g/mol. The van der Waals surface area contributed by atoms with Crippen LogP contribution >= 0.6 is 0 Å². The standard InChI is InChI=1S/C14H29N3O3S/c1-4-21(19,20)17-10-7-13(8-11-17)16-14(18)6-5-9-15-12(2)3/h12-13,15H,4-11H2,1-3H3,(H,16,18). The van der Waals surface area contributed by atoms with Crippen LogP contribution in [0.3, 0.4) is 0 Å². The van der Waals surface area contributed by atoms with Crippen LogP contribution in [0.4, 0.5) is 0 Å². The molecule has 0 aliphatic carbocycles. The van der Waals surface area contributed by atoms with Gasteiger partial charge in [0.2, 0.25) is 15.9 Å². The van der Waals surface area contributed by atoms with E-state index in [0.29, 0.717) is 38.4 Å². The molecule has 124 valence electrons. The quantitative estimate of drug-likeness (QED) is 0.645. The molecule has 1 aliphatic heterocycles. The highest BCUT2D eigenvalue weighted by Crippen LogP contribution is 2.14. The summed E-state index contributed by atoms with van der Waals surface area (Å²) in [6.07, 6.45) is 2.75. The zero-order valence-electron chi connectivity index (χ0n) is 13.4. The Morgan fingerprint density at radius 3 is 2.43 bits per heavy atom. The van der Waals surface area contributed by atoms with Gasteiger partial charge in [0.15, 0.2) is 0 Å². The molecule has 0 saturated carbocycles. The molecule has 1 saturated heterocycles. The van der Waals surface area contributed by atoms with Crippen molar-refractivity contribution in [2.45, 2.75) is 58.5 Å². The number of carbonyl (C=O) groups is 1. The predicted molar refractivity (Wildman–Crippen MR) is 84.6 cm³/mol. The molecule has 1 amide bonds. The minimum atomic E-state index is -3.09. The van der Waals surface area contributed by atoms with Gasteiger partial charge < -0.3 is 10.6 Å². The van der Waals surface area contributed by atoms with Crippen LogP contribution in [0.1, 0.15) is 46.5 Å². The van der Waals surface area contributed by atoms with Crippen molar-refractivity contribution in [2.75, 3.05) is 25.4 Å². The van der Waals surface area contributed by atoms with Gasteiger partial charge in [0, 0.05) is 31.6 Å². The van der Waals surface area contributed by atoms with Gasteiger partial charge in [-0.2, -0.15) is 0 Å². The lowest BCUT2D eigenvalue weighted by molar-refractivity contribution is -0.122. The van der Waals surface area contributed by atoms with Crippen molar-refractivity contribution in [2.24, 2.45) is 0 Å². The van der Waals surface area contributed by atoms with Gasteiger partial charge in [-0.1, -0.05) is 13.8 Å². The zero-order chi connectivity index (χ0) is 15.9. The summed E-state index contributed by atoms with van der Waals surface area (Å²) >= 11 is 0. The third-order valence-corrected chi connectivity index (χ3v) is 5.59. The van der Waals surface area contributed by atoms with E-state index >= 15 is 0 Å². The van der Waals surface area contributed by atoms with Crippen molar-refractivity contribution in [1.82, 2.24) is 14.9 Å². The molecular formula is C14H29N3O3S. The molecule has 1 aliphatic rings. The normalized spacial score (nSPS) is 18.1. The molecule has 0 unspecified atom stereocenters. The summed E-state index contributed by atoms with van der Waals surface area (Å²) in [6.45, 7) is 7.69. The molecule has 0 radical (unpaired) electrons. The molecule has 0 spiro atoms. The molecule has 0 aromatic carbocycles. The lowest BCUT2D eigenvalue weighted by Crippen LogP contribution is -2.46. The average Bonchev–Trinajstić information content (AvgIpc) is 2.44. The number of rotatable bonds is 8. The molecule has 0 atom stereocenters. The summed E-state index contributed by atoms with van der Waals surface area (Å²) in [7, 11) is -3.09. The summed E-state index contributed by atoms with van der Waals surface area (Å²) in [5.74, 6) is 0.213. The first-order chi connectivity index (χ1) is 9.85. The van der Waals surface area contributed by atoms with Gasteiger partial charge in [-0.15, -0.1) is 0 Å². The molecule has 7 heteroatoms.